The van der Waals surface area contributed by atoms with Gasteiger partial charge in [-0.2, -0.15) is 0 Å². The van der Waals surface area contributed by atoms with Gasteiger partial charge in [-0.15, -0.1) is 11.3 Å². The summed E-state index contributed by atoms with van der Waals surface area (Å²) in [6.45, 7) is 7.65. The standard InChI is InChI=1S/C16H21NS/c1-4-11-17-13(3)14-6-8-15(9-7-14)16-10-5-12(2)18-16/h5-10,13,17H,4,11H2,1-3H3. The van der Waals surface area contributed by atoms with Gasteiger partial charge in [-0.05, 0) is 50.1 Å². The largest absolute Gasteiger partial charge is 0.310 e. The average Bonchev–Trinajstić information content (AvgIpc) is 2.83. The van der Waals surface area contributed by atoms with E-state index in [4.69, 9.17) is 0 Å². The fourth-order valence-corrected chi connectivity index (χ4v) is 2.88. The Balaban J connectivity index is 2.10. The molecule has 1 aromatic carbocycles. The summed E-state index contributed by atoms with van der Waals surface area (Å²) in [7, 11) is 0. The summed E-state index contributed by atoms with van der Waals surface area (Å²) in [6, 6.07) is 13.7. The molecule has 2 aromatic rings. The van der Waals surface area contributed by atoms with Crippen molar-refractivity contribution in [1.82, 2.24) is 5.32 Å². The molecule has 1 atom stereocenters. The molecule has 0 saturated heterocycles. The molecule has 0 aliphatic heterocycles. The minimum absolute atomic E-state index is 0.434. The highest BCUT2D eigenvalue weighted by Gasteiger charge is 2.05. The van der Waals surface area contributed by atoms with Crippen molar-refractivity contribution in [1.29, 1.82) is 0 Å². The van der Waals surface area contributed by atoms with Crippen LogP contribution >= 0.6 is 11.3 Å². The minimum atomic E-state index is 0.434. The van der Waals surface area contributed by atoms with E-state index in [0.717, 1.165) is 6.54 Å². The molecule has 0 saturated carbocycles. The molecule has 0 aliphatic rings. The van der Waals surface area contributed by atoms with Gasteiger partial charge < -0.3 is 5.32 Å². The van der Waals surface area contributed by atoms with Crippen LogP contribution in [0, 0.1) is 6.92 Å². The maximum absolute atomic E-state index is 3.51. The first kappa shape index (κ1) is 13.3. The lowest BCUT2D eigenvalue weighted by Gasteiger charge is -2.13. The number of aryl methyl sites for hydroxylation is 1. The lowest BCUT2D eigenvalue weighted by atomic mass is 10.1. The lowest BCUT2D eigenvalue weighted by Crippen LogP contribution is -2.19. The summed E-state index contributed by atoms with van der Waals surface area (Å²) >= 11 is 1.85. The number of hydrogen-bond donors (Lipinski definition) is 1. The molecular weight excluding hydrogens is 238 g/mol. The first-order valence-corrected chi connectivity index (χ1v) is 7.42. The predicted molar refractivity (Wildman–Crippen MR) is 81.2 cm³/mol. The van der Waals surface area contributed by atoms with Crippen molar-refractivity contribution in [3.63, 3.8) is 0 Å². The van der Waals surface area contributed by atoms with E-state index in [9.17, 15) is 0 Å². The Morgan fingerprint density at radius 3 is 2.39 bits per heavy atom. The molecule has 2 heteroatoms. The number of thiophene rings is 1. The van der Waals surface area contributed by atoms with Gasteiger partial charge in [0.05, 0.1) is 0 Å². The molecule has 1 heterocycles. The van der Waals surface area contributed by atoms with Crippen LogP contribution in [-0.2, 0) is 0 Å². The minimum Gasteiger partial charge on any atom is -0.310 e. The van der Waals surface area contributed by atoms with Crippen LogP contribution in [0.25, 0.3) is 10.4 Å². The van der Waals surface area contributed by atoms with Crippen LogP contribution in [0.1, 0.15) is 36.8 Å². The van der Waals surface area contributed by atoms with E-state index in [0.29, 0.717) is 6.04 Å². The molecule has 1 aromatic heterocycles. The van der Waals surface area contributed by atoms with Crippen molar-refractivity contribution in [2.24, 2.45) is 0 Å². The highest BCUT2D eigenvalue weighted by atomic mass is 32.1. The third kappa shape index (κ3) is 3.21. The fraction of sp³-hybridized carbons (Fsp3) is 0.375. The quantitative estimate of drug-likeness (QED) is 0.814. The zero-order valence-electron chi connectivity index (χ0n) is 11.4. The Hall–Kier alpha value is -1.12. The van der Waals surface area contributed by atoms with Gasteiger partial charge in [0.25, 0.3) is 0 Å². The van der Waals surface area contributed by atoms with Crippen molar-refractivity contribution >= 4 is 11.3 Å². The number of nitrogens with one attached hydrogen (secondary N) is 1. The van der Waals surface area contributed by atoms with Crippen molar-refractivity contribution in [3.05, 3.63) is 46.8 Å². The van der Waals surface area contributed by atoms with Gasteiger partial charge in [0, 0.05) is 15.8 Å². The maximum Gasteiger partial charge on any atom is 0.0345 e. The van der Waals surface area contributed by atoms with E-state index >= 15 is 0 Å². The molecule has 1 unspecified atom stereocenters. The third-order valence-electron chi connectivity index (χ3n) is 3.14. The first-order chi connectivity index (χ1) is 8.70. The van der Waals surface area contributed by atoms with Gasteiger partial charge in [-0.3, -0.25) is 0 Å². The molecular formula is C16H21NS. The molecule has 1 nitrogen and oxygen atoms in total. The summed E-state index contributed by atoms with van der Waals surface area (Å²) < 4.78 is 0. The molecule has 0 radical (unpaired) electrons. The normalized spacial score (nSPS) is 12.6. The zero-order valence-corrected chi connectivity index (χ0v) is 12.2. The van der Waals surface area contributed by atoms with Gasteiger partial charge in [-0.1, -0.05) is 31.2 Å². The molecule has 1 N–H and O–H groups in total. The van der Waals surface area contributed by atoms with Gasteiger partial charge in [0.2, 0.25) is 0 Å². The second-order valence-electron chi connectivity index (χ2n) is 4.71. The van der Waals surface area contributed by atoms with Crippen molar-refractivity contribution in [3.8, 4) is 10.4 Å². The van der Waals surface area contributed by atoms with E-state index in [-0.39, 0.29) is 0 Å². The van der Waals surface area contributed by atoms with Crippen molar-refractivity contribution in [2.45, 2.75) is 33.2 Å². The highest BCUT2D eigenvalue weighted by molar-refractivity contribution is 7.15. The second kappa shape index (κ2) is 6.17. The summed E-state index contributed by atoms with van der Waals surface area (Å²) in [4.78, 5) is 2.72. The topological polar surface area (TPSA) is 12.0 Å². The average molecular weight is 259 g/mol. The van der Waals surface area contributed by atoms with Gasteiger partial charge >= 0.3 is 0 Å². The van der Waals surface area contributed by atoms with Crippen LogP contribution in [0.15, 0.2) is 36.4 Å². The summed E-state index contributed by atoms with van der Waals surface area (Å²) in [5, 5.41) is 3.51. The molecule has 0 amide bonds. The molecule has 0 bridgehead atoms. The molecule has 0 fully saturated rings. The van der Waals surface area contributed by atoms with Crippen molar-refractivity contribution < 1.29 is 0 Å². The number of rotatable bonds is 5. The molecule has 96 valence electrons. The van der Waals surface area contributed by atoms with Crippen LogP contribution < -0.4 is 5.32 Å². The molecule has 0 spiro atoms. The Labute approximate surface area is 114 Å². The third-order valence-corrected chi connectivity index (χ3v) is 4.19. The number of benzene rings is 1. The van der Waals surface area contributed by atoms with E-state index in [1.54, 1.807) is 0 Å². The smallest absolute Gasteiger partial charge is 0.0345 e. The van der Waals surface area contributed by atoms with Crippen LogP contribution in [0.3, 0.4) is 0 Å². The van der Waals surface area contributed by atoms with E-state index in [2.05, 4.69) is 62.5 Å². The van der Waals surface area contributed by atoms with Gasteiger partial charge in [-0.25, -0.2) is 0 Å². The lowest BCUT2D eigenvalue weighted by molar-refractivity contribution is 0.571. The Morgan fingerprint density at radius 2 is 1.83 bits per heavy atom. The Bertz CT molecular complexity index is 484. The van der Waals surface area contributed by atoms with Crippen LogP contribution in [-0.4, -0.2) is 6.54 Å². The fourth-order valence-electron chi connectivity index (χ4n) is 2.00. The van der Waals surface area contributed by atoms with E-state index in [1.165, 1.54) is 27.3 Å². The SMILES string of the molecule is CCCNC(C)c1ccc(-c2ccc(C)s2)cc1. The highest BCUT2D eigenvalue weighted by Crippen LogP contribution is 2.28. The van der Waals surface area contributed by atoms with Gasteiger partial charge in [0.15, 0.2) is 0 Å². The van der Waals surface area contributed by atoms with Gasteiger partial charge in [0.1, 0.15) is 0 Å². The molecule has 0 aliphatic carbocycles. The summed E-state index contributed by atoms with van der Waals surface area (Å²) in [5.74, 6) is 0. The second-order valence-corrected chi connectivity index (χ2v) is 6.00. The summed E-state index contributed by atoms with van der Waals surface area (Å²) in [5.41, 5.74) is 2.68. The van der Waals surface area contributed by atoms with E-state index < -0.39 is 0 Å². The van der Waals surface area contributed by atoms with Crippen LogP contribution in [0.4, 0.5) is 0 Å². The van der Waals surface area contributed by atoms with Crippen molar-refractivity contribution in [2.75, 3.05) is 6.54 Å². The predicted octanol–water partition coefficient (Wildman–Crippen LogP) is 4.78. The zero-order chi connectivity index (χ0) is 13.0. The van der Waals surface area contributed by atoms with E-state index in [1.807, 2.05) is 11.3 Å². The summed E-state index contributed by atoms with van der Waals surface area (Å²) in [6.07, 6.45) is 1.18. The monoisotopic (exact) mass is 259 g/mol. The van der Waals surface area contributed by atoms with Crippen LogP contribution in [0.2, 0.25) is 0 Å². The molecule has 2 rings (SSSR count). The number of hydrogen-bond acceptors (Lipinski definition) is 2. The first-order valence-electron chi connectivity index (χ1n) is 6.61. The van der Waals surface area contributed by atoms with Crippen LogP contribution in [0.5, 0.6) is 0 Å². The Morgan fingerprint density at radius 1 is 1.11 bits per heavy atom. The Kier molecular flexibility index (Phi) is 4.56. The molecule has 18 heavy (non-hydrogen) atoms. The maximum atomic E-state index is 3.51.